The lowest BCUT2D eigenvalue weighted by Crippen LogP contribution is -2.00. The van der Waals surface area contributed by atoms with Gasteiger partial charge in [-0.25, -0.2) is 13.4 Å². The summed E-state index contributed by atoms with van der Waals surface area (Å²) in [5.74, 6) is 0.630. The summed E-state index contributed by atoms with van der Waals surface area (Å²) in [6.45, 7) is 2.09. The van der Waals surface area contributed by atoms with Gasteiger partial charge >= 0.3 is 0 Å². The van der Waals surface area contributed by atoms with E-state index in [-0.39, 0.29) is 11.5 Å². The zero-order chi connectivity index (χ0) is 13.2. The standard InChI is InChI=1S/C12H13NO4S/c1-9-5-11(18(2,14)15)3-4-12(9)17-7-10-6-16-8-13-10/h3-6,8H,7H2,1-2H3. The molecule has 1 heterocycles. The summed E-state index contributed by atoms with van der Waals surface area (Å²) >= 11 is 0. The predicted molar refractivity (Wildman–Crippen MR) is 65.1 cm³/mol. The van der Waals surface area contributed by atoms with E-state index in [1.807, 2.05) is 0 Å². The van der Waals surface area contributed by atoms with E-state index in [1.54, 1.807) is 19.1 Å². The summed E-state index contributed by atoms with van der Waals surface area (Å²) in [7, 11) is -3.18. The number of aryl methyl sites for hydroxylation is 1. The second kappa shape index (κ2) is 4.81. The van der Waals surface area contributed by atoms with Gasteiger partial charge in [0.15, 0.2) is 16.2 Å². The van der Waals surface area contributed by atoms with Crippen LogP contribution in [0, 0.1) is 6.92 Å². The predicted octanol–water partition coefficient (Wildman–Crippen LogP) is 1.97. The molecule has 96 valence electrons. The van der Waals surface area contributed by atoms with Gasteiger partial charge in [0.1, 0.15) is 24.3 Å². The Morgan fingerprint density at radius 2 is 2.17 bits per heavy atom. The highest BCUT2D eigenvalue weighted by Gasteiger charge is 2.09. The normalized spacial score (nSPS) is 11.4. The third-order valence-corrected chi connectivity index (χ3v) is 3.54. The van der Waals surface area contributed by atoms with Crippen molar-refractivity contribution < 1.29 is 17.6 Å². The second-order valence-electron chi connectivity index (χ2n) is 3.97. The minimum atomic E-state index is -3.18. The summed E-state index contributed by atoms with van der Waals surface area (Å²) in [5.41, 5.74) is 1.45. The van der Waals surface area contributed by atoms with Crippen LogP contribution in [0.15, 0.2) is 40.2 Å². The van der Waals surface area contributed by atoms with Crippen LogP contribution in [0.2, 0.25) is 0 Å². The number of oxazole rings is 1. The summed E-state index contributed by atoms with van der Waals surface area (Å²) in [6, 6.07) is 4.76. The Balaban J connectivity index is 2.15. The van der Waals surface area contributed by atoms with Crippen LogP contribution in [0.1, 0.15) is 11.3 Å². The number of hydrogen-bond donors (Lipinski definition) is 0. The van der Waals surface area contributed by atoms with Crippen molar-refractivity contribution in [3.63, 3.8) is 0 Å². The average Bonchev–Trinajstić information content (AvgIpc) is 2.79. The molecule has 0 radical (unpaired) electrons. The fourth-order valence-corrected chi connectivity index (χ4v) is 2.18. The maximum absolute atomic E-state index is 11.4. The topological polar surface area (TPSA) is 69.4 Å². The van der Waals surface area contributed by atoms with Crippen molar-refractivity contribution in [1.82, 2.24) is 4.98 Å². The molecule has 0 bridgehead atoms. The van der Waals surface area contributed by atoms with Crippen molar-refractivity contribution >= 4 is 9.84 Å². The highest BCUT2D eigenvalue weighted by Crippen LogP contribution is 2.22. The molecule has 0 aliphatic heterocycles. The lowest BCUT2D eigenvalue weighted by Gasteiger charge is -2.08. The molecular formula is C12H13NO4S. The fraction of sp³-hybridized carbons (Fsp3) is 0.250. The van der Waals surface area contributed by atoms with Crippen molar-refractivity contribution in [2.45, 2.75) is 18.4 Å². The SMILES string of the molecule is Cc1cc(S(C)(=O)=O)ccc1OCc1cocn1. The Morgan fingerprint density at radius 1 is 1.39 bits per heavy atom. The molecule has 18 heavy (non-hydrogen) atoms. The minimum Gasteiger partial charge on any atom is -0.487 e. The molecule has 0 amide bonds. The lowest BCUT2D eigenvalue weighted by molar-refractivity contribution is 0.298. The first-order chi connectivity index (χ1) is 8.47. The van der Waals surface area contributed by atoms with Crippen molar-refractivity contribution in [3.8, 4) is 5.75 Å². The Kier molecular flexibility index (Phi) is 3.38. The van der Waals surface area contributed by atoms with Crippen LogP contribution >= 0.6 is 0 Å². The summed E-state index contributed by atoms with van der Waals surface area (Å²) in [4.78, 5) is 4.22. The van der Waals surface area contributed by atoms with Crippen molar-refractivity contribution in [1.29, 1.82) is 0 Å². The first kappa shape index (κ1) is 12.6. The zero-order valence-corrected chi connectivity index (χ0v) is 10.9. The molecule has 5 nitrogen and oxygen atoms in total. The van der Waals surface area contributed by atoms with Crippen LogP contribution in [-0.2, 0) is 16.4 Å². The van der Waals surface area contributed by atoms with E-state index in [0.29, 0.717) is 11.4 Å². The monoisotopic (exact) mass is 267 g/mol. The van der Waals surface area contributed by atoms with Gasteiger partial charge in [-0.1, -0.05) is 0 Å². The van der Waals surface area contributed by atoms with Gasteiger partial charge in [-0.2, -0.15) is 0 Å². The molecule has 0 unspecified atom stereocenters. The molecule has 0 spiro atoms. The number of hydrogen-bond acceptors (Lipinski definition) is 5. The quantitative estimate of drug-likeness (QED) is 0.847. The van der Waals surface area contributed by atoms with Gasteiger partial charge in [0.05, 0.1) is 4.90 Å². The van der Waals surface area contributed by atoms with Gasteiger partial charge in [-0.3, -0.25) is 0 Å². The second-order valence-corrected chi connectivity index (χ2v) is 5.98. The average molecular weight is 267 g/mol. The number of sulfone groups is 1. The van der Waals surface area contributed by atoms with Crippen LogP contribution in [0.5, 0.6) is 5.75 Å². The van der Waals surface area contributed by atoms with E-state index in [0.717, 1.165) is 5.56 Å². The largest absolute Gasteiger partial charge is 0.487 e. The lowest BCUT2D eigenvalue weighted by atomic mass is 10.2. The van der Waals surface area contributed by atoms with Crippen LogP contribution in [-0.4, -0.2) is 19.7 Å². The molecule has 2 rings (SSSR count). The first-order valence-electron chi connectivity index (χ1n) is 5.27. The van der Waals surface area contributed by atoms with E-state index in [2.05, 4.69) is 4.98 Å². The van der Waals surface area contributed by atoms with Crippen molar-refractivity contribution in [3.05, 3.63) is 42.1 Å². The van der Waals surface area contributed by atoms with Crippen LogP contribution in [0.3, 0.4) is 0 Å². The third kappa shape index (κ3) is 2.89. The number of benzene rings is 1. The Labute approximate surface area is 105 Å². The zero-order valence-electron chi connectivity index (χ0n) is 10.1. The Hall–Kier alpha value is -1.82. The third-order valence-electron chi connectivity index (χ3n) is 2.43. The van der Waals surface area contributed by atoms with Gasteiger partial charge in [-0.15, -0.1) is 0 Å². The summed E-state index contributed by atoms with van der Waals surface area (Å²) in [5, 5.41) is 0. The van der Waals surface area contributed by atoms with E-state index in [1.165, 1.54) is 25.0 Å². The highest BCUT2D eigenvalue weighted by molar-refractivity contribution is 7.90. The molecule has 0 atom stereocenters. The Morgan fingerprint density at radius 3 is 2.72 bits per heavy atom. The number of nitrogens with zero attached hydrogens (tertiary/aromatic N) is 1. The maximum atomic E-state index is 11.4. The molecule has 2 aromatic rings. The molecule has 0 saturated carbocycles. The van der Waals surface area contributed by atoms with Gasteiger partial charge in [-0.05, 0) is 30.7 Å². The molecule has 1 aromatic heterocycles. The van der Waals surface area contributed by atoms with Crippen molar-refractivity contribution in [2.24, 2.45) is 0 Å². The molecular weight excluding hydrogens is 254 g/mol. The summed E-state index contributed by atoms with van der Waals surface area (Å²) < 4.78 is 33.1. The van der Waals surface area contributed by atoms with Crippen LogP contribution in [0.4, 0.5) is 0 Å². The molecule has 0 aliphatic rings. The van der Waals surface area contributed by atoms with Gasteiger partial charge in [0.2, 0.25) is 0 Å². The first-order valence-corrected chi connectivity index (χ1v) is 7.16. The molecule has 0 aliphatic carbocycles. The minimum absolute atomic E-state index is 0.286. The van der Waals surface area contributed by atoms with E-state index < -0.39 is 9.84 Å². The smallest absolute Gasteiger partial charge is 0.180 e. The molecule has 6 heteroatoms. The van der Waals surface area contributed by atoms with E-state index in [9.17, 15) is 8.42 Å². The summed E-state index contributed by atoms with van der Waals surface area (Å²) in [6.07, 6.45) is 4.01. The molecule has 0 saturated heterocycles. The number of rotatable bonds is 4. The van der Waals surface area contributed by atoms with E-state index in [4.69, 9.17) is 9.15 Å². The van der Waals surface area contributed by atoms with Gasteiger partial charge in [0, 0.05) is 6.26 Å². The highest BCUT2D eigenvalue weighted by atomic mass is 32.2. The molecule has 0 N–H and O–H groups in total. The Bertz CT molecular complexity index is 632. The van der Waals surface area contributed by atoms with Crippen LogP contribution in [0.25, 0.3) is 0 Å². The maximum Gasteiger partial charge on any atom is 0.180 e. The van der Waals surface area contributed by atoms with Gasteiger partial charge < -0.3 is 9.15 Å². The van der Waals surface area contributed by atoms with Crippen LogP contribution < -0.4 is 4.74 Å². The van der Waals surface area contributed by atoms with E-state index >= 15 is 0 Å². The number of ether oxygens (including phenoxy) is 1. The van der Waals surface area contributed by atoms with Gasteiger partial charge in [0.25, 0.3) is 0 Å². The molecule has 0 fully saturated rings. The molecule has 1 aromatic carbocycles. The fourth-order valence-electron chi connectivity index (χ4n) is 1.47. The van der Waals surface area contributed by atoms with Crippen molar-refractivity contribution in [2.75, 3.05) is 6.26 Å². The number of aromatic nitrogens is 1.